The van der Waals surface area contributed by atoms with Gasteiger partial charge in [0.05, 0.1) is 6.61 Å². The molecule has 0 aliphatic carbocycles. The minimum atomic E-state index is -0.131. The summed E-state index contributed by atoms with van der Waals surface area (Å²) in [5, 5.41) is 0. The molecule has 0 bridgehead atoms. The average molecular weight is 357 g/mol. The average Bonchev–Trinajstić information content (AvgIpc) is 2.58. The van der Waals surface area contributed by atoms with Crippen LogP contribution in [0.25, 0.3) is 0 Å². The van der Waals surface area contributed by atoms with E-state index < -0.39 is 0 Å². The molecule has 0 radical (unpaired) electrons. The Morgan fingerprint density at radius 2 is 1.12 bits per heavy atom. The van der Waals surface area contributed by atoms with Crippen molar-refractivity contribution in [1.82, 2.24) is 0 Å². The molecule has 0 fully saturated rings. The highest BCUT2D eigenvalue weighted by Crippen LogP contribution is 2.13. The van der Waals surface area contributed by atoms with Crippen LogP contribution in [0.1, 0.15) is 117 Å². The maximum atomic E-state index is 11.6. The van der Waals surface area contributed by atoms with E-state index in [4.69, 9.17) is 9.47 Å². The summed E-state index contributed by atoms with van der Waals surface area (Å²) in [6, 6.07) is 0. The van der Waals surface area contributed by atoms with Gasteiger partial charge in [0, 0.05) is 13.5 Å². The van der Waals surface area contributed by atoms with Crippen LogP contribution in [0.15, 0.2) is 0 Å². The summed E-state index contributed by atoms with van der Waals surface area (Å²) in [5.74, 6) is -0.0840. The lowest BCUT2D eigenvalue weighted by atomic mass is 10.0. The fourth-order valence-electron chi connectivity index (χ4n) is 3.19. The number of unbranched alkanes of at least 4 members (excludes halogenated alkanes) is 14. The smallest absolute Gasteiger partial charge is 0.306 e. The second kappa shape index (κ2) is 19.8. The third-order valence-corrected chi connectivity index (χ3v) is 4.72. The molecular weight excluding hydrogens is 312 g/mol. The molecule has 0 heterocycles. The Balaban J connectivity index is 3.15. The first-order valence-corrected chi connectivity index (χ1v) is 10.9. The van der Waals surface area contributed by atoms with Gasteiger partial charge in [0.2, 0.25) is 0 Å². The van der Waals surface area contributed by atoms with E-state index in [2.05, 4.69) is 6.92 Å². The number of methoxy groups -OCH3 is 1. The number of carbonyl (C=O) groups is 1. The van der Waals surface area contributed by atoms with Crippen LogP contribution < -0.4 is 0 Å². The SMILES string of the molecule is CCCCCCCCCCCCCCCCCC(=O)OC(C)COC. The predicted octanol–water partition coefficient (Wildman–Crippen LogP) is 6.83. The fraction of sp³-hybridized carbons (Fsp3) is 0.955. The first-order chi connectivity index (χ1) is 12.2. The number of esters is 1. The number of carbonyl (C=O) groups excluding carboxylic acids is 1. The summed E-state index contributed by atoms with van der Waals surface area (Å²) in [6.07, 6.45) is 20.5. The van der Waals surface area contributed by atoms with Gasteiger partial charge in [-0.2, -0.15) is 0 Å². The normalized spacial score (nSPS) is 12.3. The quantitative estimate of drug-likeness (QED) is 0.188. The topological polar surface area (TPSA) is 35.5 Å². The van der Waals surface area contributed by atoms with Crippen molar-refractivity contribution in [1.29, 1.82) is 0 Å². The lowest BCUT2D eigenvalue weighted by molar-refractivity contribution is -0.150. The van der Waals surface area contributed by atoms with Gasteiger partial charge in [-0.25, -0.2) is 0 Å². The monoisotopic (exact) mass is 356 g/mol. The zero-order valence-corrected chi connectivity index (χ0v) is 17.3. The van der Waals surface area contributed by atoms with Gasteiger partial charge in [0.15, 0.2) is 0 Å². The van der Waals surface area contributed by atoms with Crippen molar-refractivity contribution >= 4 is 5.97 Å². The van der Waals surface area contributed by atoms with Crippen LogP contribution in [-0.4, -0.2) is 25.8 Å². The molecule has 0 aromatic carbocycles. The van der Waals surface area contributed by atoms with Gasteiger partial charge in [-0.15, -0.1) is 0 Å². The molecule has 0 spiro atoms. The molecule has 1 atom stereocenters. The minimum Gasteiger partial charge on any atom is -0.460 e. The molecule has 25 heavy (non-hydrogen) atoms. The Bertz CT molecular complexity index is 278. The zero-order chi connectivity index (χ0) is 18.6. The number of rotatable bonds is 19. The van der Waals surface area contributed by atoms with Gasteiger partial charge in [-0.1, -0.05) is 96.8 Å². The van der Waals surface area contributed by atoms with Crippen LogP contribution in [-0.2, 0) is 14.3 Å². The van der Waals surface area contributed by atoms with Crippen LogP contribution in [0.4, 0.5) is 0 Å². The van der Waals surface area contributed by atoms with E-state index in [-0.39, 0.29) is 12.1 Å². The Morgan fingerprint density at radius 3 is 1.52 bits per heavy atom. The van der Waals surface area contributed by atoms with Crippen LogP contribution in [0, 0.1) is 0 Å². The molecule has 0 saturated heterocycles. The molecule has 150 valence electrons. The van der Waals surface area contributed by atoms with Crippen LogP contribution in [0.5, 0.6) is 0 Å². The summed E-state index contributed by atoms with van der Waals surface area (Å²) in [4.78, 5) is 11.6. The Labute approximate surface area is 157 Å². The molecule has 0 aromatic heterocycles. The summed E-state index contributed by atoms with van der Waals surface area (Å²) < 4.78 is 10.2. The van der Waals surface area contributed by atoms with E-state index in [1.807, 2.05) is 6.92 Å². The van der Waals surface area contributed by atoms with Gasteiger partial charge in [-0.3, -0.25) is 4.79 Å². The molecule has 0 aliphatic heterocycles. The Morgan fingerprint density at radius 1 is 0.720 bits per heavy atom. The van der Waals surface area contributed by atoms with E-state index in [1.165, 1.54) is 83.5 Å². The number of hydrogen-bond donors (Lipinski definition) is 0. The fourth-order valence-corrected chi connectivity index (χ4v) is 3.19. The van der Waals surface area contributed by atoms with E-state index in [0.717, 1.165) is 12.8 Å². The van der Waals surface area contributed by atoms with Crippen molar-refractivity contribution < 1.29 is 14.3 Å². The molecular formula is C22H44O3. The summed E-state index contributed by atoms with van der Waals surface area (Å²) in [7, 11) is 1.62. The Hall–Kier alpha value is -0.570. The molecule has 0 rings (SSSR count). The minimum absolute atomic E-state index is 0.0840. The highest BCUT2D eigenvalue weighted by Gasteiger charge is 2.08. The van der Waals surface area contributed by atoms with Crippen LogP contribution >= 0.6 is 0 Å². The van der Waals surface area contributed by atoms with E-state index in [0.29, 0.717) is 13.0 Å². The molecule has 3 heteroatoms. The maximum absolute atomic E-state index is 11.6. The van der Waals surface area contributed by atoms with Crippen molar-refractivity contribution in [2.45, 2.75) is 123 Å². The van der Waals surface area contributed by atoms with Crippen molar-refractivity contribution in [3.8, 4) is 0 Å². The predicted molar refractivity (Wildman–Crippen MR) is 107 cm³/mol. The maximum Gasteiger partial charge on any atom is 0.306 e. The molecule has 0 aromatic rings. The standard InChI is InChI=1S/C22H44O3/c1-4-5-6-7-8-9-10-11-12-13-14-15-16-17-18-19-22(23)25-21(2)20-24-3/h21H,4-20H2,1-3H3. The van der Waals surface area contributed by atoms with E-state index >= 15 is 0 Å². The number of hydrogen-bond acceptors (Lipinski definition) is 3. The van der Waals surface area contributed by atoms with Crippen LogP contribution in [0.3, 0.4) is 0 Å². The second-order valence-corrected chi connectivity index (χ2v) is 7.46. The lowest BCUT2D eigenvalue weighted by Crippen LogP contribution is -2.19. The van der Waals surface area contributed by atoms with Crippen molar-refractivity contribution in [2.24, 2.45) is 0 Å². The van der Waals surface area contributed by atoms with Gasteiger partial charge >= 0.3 is 5.97 Å². The van der Waals surface area contributed by atoms with Crippen molar-refractivity contribution in [3.63, 3.8) is 0 Å². The van der Waals surface area contributed by atoms with Gasteiger partial charge < -0.3 is 9.47 Å². The van der Waals surface area contributed by atoms with Gasteiger partial charge in [-0.05, 0) is 13.3 Å². The Kier molecular flexibility index (Phi) is 19.3. The summed E-state index contributed by atoms with van der Waals surface area (Å²) in [6.45, 7) is 4.62. The third kappa shape index (κ3) is 19.6. The van der Waals surface area contributed by atoms with E-state index in [1.54, 1.807) is 7.11 Å². The first-order valence-electron chi connectivity index (χ1n) is 10.9. The zero-order valence-electron chi connectivity index (χ0n) is 17.3. The molecule has 0 amide bonds. The molecule has 1 unspecified atom stereocenters. The third-order valence-electron chi connectivity index (χ3n) is 4.72. The summed E-state index contributed by atoms with van der Waals surface area (Å²) in [5.41, 5.74) is 0. The van der Waals surface area contributed by atoms with Crippen molar-refractivity contribution in [2.75, 3.05) is 13.7 Å². The highest BCUT2D eigenvalue weighted by molar-refractivity contribution is 5.69. The first kappa shape index (κ1) is 24.4. The molecule has 3 nitrogen and oxygen atoms in total. The van der Waals surface area contributed by atoms with Gasteiger partial charge in [0.1, 0.15) is 6.10 Å². The molecule has 0 N–H and O–H groups in total. The number of ether oxygens (including phenoxy) is 2. The molecule has 0 saturated carbocycles. The van der Waals surface area contributed by atoms with Gasteiger partial charge in [0.25, 0.3) is 0 Å². The largest absolute Gasteiger partial charge is 0.460 e. The highest BCUT2D eigenvalue weighted by atomic mass is 16.6. The van der Waals surface area contributed by atoms with E-state index in [9.17, 15) is 4.79 Å². The van der Waals surface area contributed by atoms with Crippen LogP contribution in [0.2, 0.25) is 0 Å². The molecule has 0 aliphatic rings. The summed E-state index contributed by atoms with van der Waals surface area (Å²) >= 11 is 0. The second-order valence-electron chi connectivity index (χ2n) is 7.46. The lowest BCUT2D eigenvalue weighted by Gasteiger charge is -2.11. The van der Waals surface area contributed by atoms with Crippen molar-refractivity contribution in [3.05, 3.63) is 0 Å².